The van der Waals surface area contributed by atoms with Crippen LogP contribution in [0.5, 0.6) is 0 Å². The van der Waals surface area contributed by atoms with Crippen LogP contribution < -0.4 is 10.6 Å². The van der Waals surface area contributed by atoms with Crippen LogP contribution in [0.4, 0.5) is 10.5 Å². The van der Waals surface area contributed by atoms with Crippen LogP contribution >= 0.6 is 0 Å². The fourth-order valence-electron chi connectivity index (χ4n) is 2.77. The van der Waals surface area contributed by atoms with Crippen molar-refractivity contribution in [2.24, 2.45) is 0 Å². The lowest BCUT2D eigenvalue weighted by molar-refractivity contribution is -0.385. The number of nitrogens with zero attached hydrogens (tertiary/aromatic N) is 2. The largest absolute Gasteiger partial charge is 0.467 e. The molecule has 0 saturated carbocycles. The first kappa shape index (κ1) is 18.1. The number of urea groups is 1. The summed E-state index contributed by atoms with van der Waals surface area (Å²) in [6, 6.07) is 8.04. The zero-order valence-electron chi connectivity index (χ0n) is 14.3. The van der Waals surface area contributed by atoms with Crippen molar-refractivity contribution in [2.75, 3.05) is 6.54 Å². The van der Waals surface area contributed by atoms with Gasteiger partial charge in [0.15, 0.2) is 0 Å². The molecule has 140 valence electrons. The summed E-state index contributed by atoms with van der Waals surface area (Å²) in [6.45, 7) is 1.08. The molecule has 0 aliphatic carbocycles. The smallest absolute Gasteiger partial charge is 0.325 e. The molecular formula is C17H16N4O6. The molecule has 2 heterocycles. The van der Waals surface area contributed by atoms with E-state index in [0.29, 0.717) is 5.76 Å². The topological polar surface area (TPSA) is 135 Å². The van der Waals surface area contributed by atoms with E-state index in [9.17, 15) is 24.5 Å². The lowest BCUT2D eigenvalue weighted by atomic mass is 9.91. The quantitative estimate of drug-likeness (QED) is 0.445. The van der Waals surface area contributed by atoms with Gasteiger partial charge in [-0.3, -0.25) is 24.6 Å². The Morgan fingerprint density at radius 3 is 2.78 bits per heavy atom. The second kappa shape index (κ2) is 6.90. The Hall–Kier alpha value is -3.69. The fraction of sp³-hybridized carbons (Fsp3) is 0.235. The van der Waals surface area contributed by atoms with E-state index < -0.39 is 34.9 Å². The van der Waals surface area contributed by atoms with Gasteiger partial charge in [0, 0.05) is 12.1 Å². The first-order chi connectivity index (χ1) is 12.8. The third kappa shape index (κ3) is 3.50. The lowest BCUT2D eigenvalue weighted by Gasteiger charge is -2.21. The number of amides is 4. The van der Waals surface area contributed by atoms with Crippen molar-refractivity contribution in [2.45, 2.75) is 19.0 Å². The Labute approximate surface area is 153 Å². The van der Waals surface area contributed by atoms with Gasteiger partial charge in [-0.05, 0) is 24.6 Å². The van der Waals surface area contributed by atoms with Crippen molar-refractivity contribution in [1.82, 2.24) is 15.5 Å². The zero-order valence-corrected chi connectivity index (χ0v) is 14.3. The summed E-state index contributed by atoms with van der Waals surface area (Å²) in [5.74, 6) is -0.679. The Bertz CT molecular complexity index is 910. The number of carbonyl (C=O) groups excluding carboxylic acids is 3. The van der Waals surface area contributed by atoms with E-state index in [1.165, 1.54) is 37.5 Å². The highest BCUT2D eigenvalue weighted by Gasteiger charge is 2.49. The van der Waals surface area contributed by atoms with E-state index in [4.69, 9.17) is 4.42 Å². The number of hydrogen-bond acceptors (Lipinski definition) is 6. The van der Waals surface area contributed by atoms with Crippen molar-refractivity contribution >= 4 is 23.5 Å². The standard InChI is InChI=1S/C17H16N4O6/c1-17(11-4-2-5-12(8-11)21(25)26)15(23)20(16(24)19-17)10-14(22)18-9-13-6-3-7-27-13/h2-8H,9-10H2,1H3,(H,18,22)(H,19,24). The molecule has 10 heteroatoms. The highest BCUT2D eigenvalue weighted by atomic mass is 16.6. The Balaban J connectivity index is 1.73. The van der Waals surface area contributed by atoms with Crippen LogP contribution in [0.2, 0.25) is 0 Å². The number of non-ortho nitro benzene ring substituents is 1. The average Bonchev–Trinajstić information content (AvgIpc) is 3.23. The number of benzene rings is 1. The SMILES string of the molecule is CC1(c2cccc([N+](=O)[O-])c2)NC(=O)N(CC(=O)NCc2ccco2)C1=O. The molecule has 2 N–H and O–H groups in total. The molecule has 10 nitrogen and oxygen atoms in total. The van der Waals surface area contributed by atoms with E-state index in [1.807, 2.05) is 0 Å². The maximum absolute atomic E-state index is 12.8. The van der Waals surface area contributed by atoms with Crippen LogP contribution in [-0.2, 0) is 21.7 Å². The molecule has 1 fully saturated rings. The molecule has 0 radical (unpaired) electrons. The van der Waals surface area contributed by atoms with E-state index in [2.05, 4.69) is 10.6 Å². The lowest BCUT2D eigenvalue weighted by Crippen LogP contribution is -2.43. The Morgan fingerprint density at radius 1 is 1.33 bits per heavy atom. The summed E-state index contributed by atoms with van der Waals surface area (Å²) >= 11 is 0. The molecule has 0 bridgehead atoms. The number of furan rings is 1. The van der Waals surface area contributed by atoms with Gasteiger partial charge in [-0.2, -0.15) is 0 Å². The van der Waals surface area contributed by atoms with Crippen LogP contribution in [0.1, 0.15) is 18.2 Å². The third-order valence-electron chi connectivity index (χ3n) is 4.25. The van der Waals surface area contributed by atoms with Crippen molar-refractivity contribution in [3.8, 4) is 0 Å². The van der Waals surface area contributed by atoms with E-state index in [-0.39, 0.29) is 17.8 Å². The van der Waals surface area contributed by atoms with Crippen LogP contribution in [0.15, 0.2) is 47.1 Å². The summed E-state index contributed by atoms with van der Waals surface area (Å²) in [4.78, 5) is 48.2. The minimum atomic E-state index is -1.50. The molecule has 27 heavy (non-hydrogen) atoms. The van der Waals surface area contributed by atoms with Crippen LogP contribution in [0, 0.1) is 10.1 Å². The summed E-state index contributed by atoms with van der Waals surface area (Å²) in [5, 5.41) is 16.0. The Morgan fingerprint density at radius 2 is 2.11 bits per heavy atom. The Kier molecular flexibility index (Phi) is 4.63. The molecule has 1 saturated heterocycles. The molecule has 0 spiro atoms. The third-order valence-corrected chi connectivity index (χ3v) is 4.25. The molecule has 1 aliphatic heterocycles. The van der Waals surface area contributed by atoms with Gasteiger partial charge in [0.1, 0.15) is 17.8 Å². The number of nitrogens with one attached hydrogen (secondary N) is 2. The second-order valence-corrected chi connectivity index (χ2v) is 6.11. The van der Waals surface area contributed by atoms with Gasteiger partial charge in [0.05, 0.1) is 17.7 Å². The van der Waals surface area contributed by atoms with Gasteiger partial charge in [0.25, 0.3) is 11.6 Å². The summed E-state index contributed by atoms with van der Waals surface area (Å²) in [6.07, 6.45) is 1.46. The first-order valence-electron chi connectivity index (χ1n) is 7.99. The predicted octanol–water partition coefficient (Wildman–Crippen LogP) is 1.27. The highest BCUT2D eigenvalue weighted by Crippen LogP contribution is 2.30. The fourth-order valence-corrected chi connectivity index (χ4v) is 2.77. The number of carbonyl (C=O) groups is 3. The van der Waals surface area contributed by atoms with Crippen molar-refractivity contribution < 1.29 is 23.7 Å². The summed E-state index contributed by atoms with van der Waals surface area (Å²) in [7, 11) is 0. The molecule has 4 amide bonds. The van der Waals surface area contributed by atoms with Crippen molar-refractivity contribution in [1.29, 1.82) is 0 Å². The van der Waals surface area contributed by atoms with E-state index in [0.717, 1.165) is 4.90 Å². The van der Waals surface area contributed by atoms with Gasteiger partial charge < -0.3 is 15.1 Å². The average molecular weight is 372 g/mol. The minimum Gasteiger partial charge on any atom is -0.467 e. The minimum absolute atomic E-state index is 0.123. The summed E-state index contributed by atoms with van der Waals surface area (Å²) < 4.78 is 5.09. The van der Waals surface area contributed by atoms with E-state index in [1.54, 1.807) is 12.1 Å². The number of hydrogen-bond donors (Lipinski definition) is 2. The first-order valence-corrected chi connectivity index (χ1v) is 7.99. The number of nitro groups is 1. The molecular weight excluding hydrogens is 356 g/mol. The number of rotatable bonds is 6. The van der Waals surface area contributed by atoms with Crippen LogP contribution in [-0.4, -0.2) is 34.2 Å². The number of nitro benzene ring substituents is 1. The van der Waals surface area contributed by atoms with Gasteiger partial charge in [-0.15, -0.1) is 0 Å². The monoisotopic (exact) mass is 372 g/mol. The van der Waals surface area contributed by atoms with Gasteiger partial charge in [-0.1, -0.05) is 12.1 Å². The normalized spacial score (nSPS) is 19.1. The van der Waals surface area contributed by atoms with Crippen LogP contribution in [0.3, 0.4) is 0 Å². The van der Waals surface area contributed by atoms with Gasteiger partial charge in [0.2, 0.25) is 5.91 Å². The maximum atomic E-state index is 12.8. The van der Waals surface area contributed by atoms with Crippen molar-refractivity contribution in [3.05, 3.63) is 64.1 Å². The van der Waals surface area contributed by atoms with Gasteiger partial charge >= 0.3 is 6.03 Å². The molecule has 1 aromatic heterocycles. The van der Waals surface area contributed by atoms with Crippen LogP contribution in [0.25, 0.3) is 0 Å². The number of imide groups is 1. The predicted molar refractivity (Wildman–Crippen MR) is 91.2 cm³/mol. The zero-order chi connectivity index (χ0) is 19.6. The second-order valence-electron chi connectivity index (χ2n) is 6.11. The molecule has 1 aromatic carbocycles. The molecule has 3 rings (SSSR count). The molecule has 2 aromatic rings. The van der Waals surface area contributed by atoms with Crippen molar-refractivity contribution in [3.63, 3.8) is 0 Å². The molecule has 1 aliphatic rings. The molecule has 1 atom stereocenters. The van der Waals surface area contributed by atoms with Gasteiger partial charge in [-0.25, -0.2) is 4.79 Å². The highest BCUT2D eigenvalue weighted by molar-refractivity contribution is 6.09. The van der Waals surface area contributed by atoms with E-state index >= 15 is 0 Å². The summed E-state index contributed by atoms with van der Waals surface area (Å²) in [5.41, 5.74) is -1.44. The maximum Gasteiger partial charge on any atom is 0.325 e. The molecule has 1 unspecified atom stereocenters.